The van der Waals surface area contributed by atoms with E-state index in [1.54, 1.807) is 7.11 Å². The number of para-hydroxylation sites is 1. The van der Waals surface area contributed by atoms with Gasteiger partial charge in [-0.1, -0.05) is 18.2 Å². The first-order valence-corrected chi connectivity index (χ1v) is 8.71. The highest BCUT2D eigenvalue weighted by Crippen LogP contribution is 2.52. The number of likely N-dealkylation sites (tertiary alicyclic amines) is 1. The number of aliphatic carboxylic acids is 1. The number of carboxylic acids is 1. The maximum absolute atomic E-state index is 12.2. The summed E-state index contributed by atoms with van der Waals surface area (Å²) in [5, 5.41) is 10.0. The van der Waals surface area contributed by atoms with E-state index in [9.17, 15) is 9.90 Å². The molecule has 6 heteroatoms. The van der Waals surface area contributed by atoms with Crippen molar-refractivity contribution in [1.82, 2.24) is 9.88 Å². The molecule has 3 heterocycles. The third-order valence-electron chi connectivity index (χ3n) is 5.45. The number of fused-ring (bicyclic) bond motifs is 3. The molecule has 26 heavy (non-hydrogen) atoms. The number of hydrogen-bond acceptors (Lipinski definition) is 5. The number of methoxy groups -OCH3 is 1. The number of nitrogens with zero attached hydrogens (tertiary/aromatic N) is 2. The first-order valence-electron chi connectivity index (χ1n) is 8.71. The molecular formula is C20H22N2O4. The van der Waals surface area contributed by atoms with Crippen LogP contribution in [0, 0.1) is 12.3 Å². The van der Waals surface area contributed by atoms with E-state index in [2.05, 4.69) is 9.88 Å². The van der Waals surface area contributed by atoms with Crippen molar-refractivity contribution in [3.63, 3.8) is 0 Å². The molecule has 0 radical (unpaired) electrons. The number of aryl methyl sites for hydroxylation is 1. The fourth-order valence-electron chi connectivity index (χ4n) is 4.19. The first-order chi connectivity index (χ1) is 12.5. The summed E-state index contributed by atoms with van der Waals surface area (Å²) in [5.74, 6) is 0.382. The molecule has 1 aromatic heterocycles. The van der Waals surface area contributed by atoms with Crippen LogP contribution in [0.5, 0.6) is 11.5 Å². The van der Waals surface area contributed by atoms with Crippen molar-refractivity contribution in [3.05, 3.63) is 53.3 Å². The van der Waals surface area contributed by atoms with E-state index in [4.69, 9.17) is 9.47 Å². The van der Waals surface area contributed by atoms with Gasteiger partial charge in [0.1, 0.15) is 12.0 Å². The van der Waals surface area contributed by atoms with Crippen LogP contribution in [0.4, 0.5) is 0 Å². The molecule has 1 fully saturated rings. The van der Waals surface area contributed by atoms with Gasteiger partial charge in [0.05, 0.1) is 12.8 Å². The molecule has 0 spiro atoms. The maximum atomic E-state index is 12.2. The van der Waals surface area contributed by atoms with E-state index >= 15 is 0 Å². The maximum Gasteiger partial charge on any atom is 0.315 e. The summed E-state index contributed by atoms with van der Waals surface area (Å²) >= 11 is 0. The number of hydrogen-bond donors (Lipinski definition) is 1. The number of aromatic nitrogens is 1. The molecule has 4 rings (SSSR count). The minimum absolute atomic E-state index is 0.136. The minimum atomic E-state index is -0.941. The smallest absolute Gasteiger partial charge is 0.315 e. The van der Waals surface area contributed by atoms with Gasteiger partial charge in [-0.05, 0) is 25.1 Å². The Morgan fingerprint density at radius 1 is 1.38 bits per heavy atom. The Bertz CT molecular complexity index is 853. The average Bonchev–Trinajstić information content (AvgIpc) is 3.01. The topological polar surface area (TPSA) is 71.9 Å². The highest BCUT2D eigenvalue weighted by Gasteiger charge is 2.56. The third kappa shape index (κ3) is 2.61. The molecule has 6 nitrogen and oxygen atoms in total. The van der Waals surface area contributed by atoms with Crippen LogP contribution >= 0.6 is 0 Å². The highest BCUT2D eigenvalue weighted by molar-refractivity contribution is 5.79. The highest BCUT2D eigenvalue weighted by atomic mass is 16.5. The summed E-state index contributed by atoms with van der Waals surface area (Å²) in [6.45, 7) is 3.84. The van der Waals surface area contributed by atoms with Crippen molar-refractivity contribution in [2.45, 2.75) is 19.4 Å². The van der Waals surface area contributed by atoms with Crippen molar-refractivity contribution < 1.29 is 19.4 Å². The zero-order chi connectivity index (χ0) is 18.3. The monoisotopic (exact) mass is 354 g/mol. The standard InChI is InChI=1S/C20H22N2O4/c1-13-5-3-6-14(21-13)9-22-10-16-15-7-4-8-17(25-2)18(15)26-12-20(16,11-22)19(23)24/h3-8,16H,9-12H2,1-2H3,(H,23,24)/t16-,20-/m1/s1. The quantitative estimate of drug-likeness (QED) is 0.909. The third-order valence-corrected chi connectivity index (χ3v) is 5.45. The van der Waals surface area contributed by atoms with Gasteiger partial charge in [-0.2, -0.15) is 0 Å². The fraction of sp³-hybridized carbons (Fsp3) is 0.400. The van der Waals surface area contributed by atoms with E-state index in [0.29, 0.717) is 31.1 Å². The Morgan fingerprint density at radius 2 is 2.19 bits per heavy atom. The Kier molecular flexibility index (Phi) is 4.07. The number of benzene rings is 1. The largest absolute Gasteiger partial charge is 0.493 e. The van der Waals surface area contributed by atoms with Crippen LogP contribution in [0.1, 0.15) is 22.9 Å². The lowest BCUT2D eigenvalue weighted by atomic mass is 9.73. The van der Waals surface area contributed by atoms with Gasteiger partial charge in [0.2, 0.25) is 0 Å². The second-order valence-corrected chi connectivity index (χ2v) is 7.12. The predicted octanol–water partition coefficient (Wildman–Crippen LogP) is 2.46. The average molecular weight is 354 g/mol. The fourth-order valence-corrected chi connectivity index (χ4v) is 4.19. The Morgan fingerprint density at radius 3 is 2.92 bits per heavy atom. The number of pyridine rings is 1. The van der Waals surface area contributed by atoms with Gasteiger partial charge in [0.15, 0.2) is 11.5 Å². The lowest BCUT2D eigenvalue weighted by Crippen LogP contribution is -2.45. The number of rotatable bonds is 4. The summed E-state index contributed by atoms with van der Waals surface area (Å²) < 4.78 is 11.3. The van der Waals surface area contributed by atoms with Crippen LogP contribution in [0.3, 0.4) is 0 Å². The van der Waals surface area contributed by atoms with E-state index < -0.39 is 11.4 Å². The summed E-state index contributed by atoms with van der Waals surface area (Å²) in [7, 11) is 1.60. The number of carboxylic acid groups (broad SMARTS) is 1. The molecule has 1 N–H and O–H groups in total. The second kappa shape index (κ2) is 6.29. The zero-order valence-electron chi connectivity index (χ0n) is 14.9. The normalized spacial score (nSPS) is 24.5. The molecule has 0 aliphatic carbocycles. The molecule has 2 aliphatic rings. The van der Waals surface area contributed by atoms with Crippen molar-refractivity contribution in [2.24, 2.45) is 5.41 Å². The zero-order valence-corrected chi connectivity index (χ0v) is 14.9. The first kappa shape index (κ1) is 16.8. The van der Waals surface area contributed by atoms with E-state index in [1.807, 2.05) is 43.3 Å². The van der Waals surface area contributed by atoms with Crippen LogP contribution in [0.15, 0.2) is 36.4 Å². The summed E-state index contributed by atoms with van der Waals surface area (Å²) in [6, 6.07) is 11.6. The Labute approximate surface area is 152 Å². The lowest BCUT2D eigenvalue weighted by molar-refractivity contribution is -0.152. The molecule has 1 aromatic carbocycles. The van der Waals surface area contributed by atoms with Gasteiger partial charge in [-0.3, -0.25) is 14.7 Å². The van der Waals surface area contributed by atoms with Crippen molar-refractivity contribution in [3.8, 4) is 11.5 Å². The van der Waals surface area contributed by atoms with E-state index in [-0.39, 0.29) is 12.5 Å². The molecule has 1 saturated heterocycles. The van der Waals surface area contributed by atoms with E-state index in [0.717, 1.165) is 17.0 Å². The van der Waals surface area contributed by atoms with Crippen molar-refractivity contribution in [2.75, 3.05) is 26.8 Å². The van der Waals surface area contributed by atoms with Crippen molar-refractivity contribution >= 4 is 5.97 Å². The predicted molar refractivity (Wildman–Crippen MR) is 95.5 cm³/mol. The molecule has 0 bridgehead atoms. The molecular weight excluding hydrogens is 332 g/mol. The van der Waals surface area contributed by atoms with Crippen LogP contribution in [0.2, 0.25) is 0 Å². The van der Waals surface area contributed by atoms with Crippen LogP contribution in [-0.2, 0) is 11.3 Å². The van der Waals surface area contributed by atoms with Crippen LogP contribution < -0.4 is 9.47 Å². The number of ether oxygens (including phenoxy) is 2. The summed E-state index contributed by atoms with van der Waals surface area (Å²) in [6.07, 6.45) is 0. The Hall–Kier alpha value is -2.60. The van der Waals surface area contributed by atoms with Crippen LogP contribution in [0.25, 0.3) is 0 Å². The molecule has 136 valence electrons. The molecule has 0 amide bonds. The molecule has 2 atom stereocenters. The second-order valence-electron chi connectivity index (χ2n) is 7.12. The van der Waals surface area contributed by atoms with Crippen LogP contribution in [-0.4, -0.2) is 47.8 Å². The molecule has 0 saturated carbocycles. The lowest BCUT2D eigenvalue weighted by Gasteiger charge is -2.36. The van der Waals surface area contributed by atoms with Gasteiger partial charge in [-0.25, -0.2) is 0 Å². The minimum Gasteiger partial charge on any atom is -0.493 e. The summed E-state index contributed by atoms with van der Waals surface area (Å²) in [4.78, 5) is 18.9. The van der Waals surface area contributed by atoms with Gasteiger partial charge in [-0.15, -0.1) is 0 Å². The van der Waals surface area contributed by atoms with Gasteiger partial charge in [0.25, 0.3) is 0 Å². The molecule has 0 unspecified atom stereocenters. The van der Waals surface area contributed by atoms with Gasteiger partial charge >= 0.3 is 5.97 Å². The van der Waals surface area contributed by atoms with Crippen molar-refractivity contribution in [1.29, 1.82) is 0 Å². The molecule has 2 aromatic rings. The SMILES string of the molecule is COc1cccc2c1OC[C@]1(C(=O)O)CN(Cc3cccc(C)n3)C[C@H]21. The van der Waals surface area contributed by atoms with Gasteiger partial charge in [0, 0.05) is 36.8 Å². The van der Waals surface area contributed by atoms with E-state index in [1.165, 1.54) is 0 Å². The van der Waals surface area contributed by atoms with Gasteiger partial charge < -0.3 is 14.6 Å². The summed E-state index contributed by atoms with van der Waals surface area (Å²) in [5.41, 5.74) is 1.89. The Balaban J connectivity index is 1.68. The molecule has 2 aliphatic heterocycles. The number of carbonyl (C=O) groups is 1.